The maximum atomic E-state index is 11.5. The number of hydrogen-bond donors (Lipinski definition) is 0. The second-order valence-electron chi connectivity index (χ2n) is 5.48. The van der Waals surface area contributed by atoms with Gasteiger partial charge in [0.25, 0.3) is 0 Å². The minimum absolute atomic E-state index is 0.203. The van der Waals surface area contributed by atoms with Crippen molar-refractivity contribution in [2.45, 2.75) is 26.7 Å². The predicted octanol–water partition coefficient (Wildman–Crippen LogP) is 2.77. The lowest BCUT2D eigenvalue weighted by Crippen LogP contribution is -2.40. The highest BCUT2D eigenvalue weighted by Gasteiger charge is 2.22. The first-order valence-electron chi connectivity index (χ1n) is 7.78. The van der Waals surface area contributed by atoms with Crippen molar-refractivity contribution in [3.05, 3.63) is 24.3 Å². The summed E-state index contributed by atoms with van der Waals surface area (Å²) in [5, 5.41) is 0. The molecule has 4 heteroatoms. The Hall–Kier alpha value is -1.55. The molecule has 1 atom stereocenters. The van der Waals surface area contributed by atoms with E-state index in [0.717, 1.165) is 44.0 Å². The van der Waals surface area contributed by atoms with Crippen LogP contribution in [0, 0.1) is 5.92 Å². The molecule has 0 N–H and O–H groups in total. The summed E-state index contributed by atoms with van der Waals surface area (Å²) < 4.78 is 11.4. The van der Waals surface area contributed by atoms with Crippen molar-refractivity contribution < 1.29 is 14.3 Å². The molecule has 1 saturated heterocycles. The van der Waals surface area contributed by atoms with Gasteiger partial charge in [-0.15, -0.1) is 0 Å². The van der Waals surface area contributed by atoms with Crippen LogP contribution in [0.2, 0.25) is 0 Å². The van der Waals surface area contributed by atoms with Gasteiger partial charge in [-0.05, 0) is 45.4 Å². The Morgan fingerprint density at radius 1 is 1.29 bits per heavy atom. The highest BCUT2D eigenvalue weighted by Crippen LogP contribution is 2.26. The van der Waals surface area contributed by atoms with Crippen LogP contribution in [0.25, 0.3) is 0 Å². The first-order valence-corrected chi connectivity index (χ1v) is 7.78. The van der Waals surface area contributed by atoms with Crippen LogP contribution in [-0.2, 0) is 4.79 Å². The SMILES string of the molecule is CCOc1ccccc1OCCN1CCCC(C(C)=O)C1. The normalized spacial score (nSPS) is 19.2. The van der Waals surface area contributed by atoms with Crippen molar-refractivity contribution in [2.75, 3.05) is 32.8 Å². The van der Waals surface area contributed by atoms with Crippen molar-refractivity contribution in [1.82, 2.24) is 4.90 Å². The maximum absolute atomic E-state index is 11.5. The van der Waals surface area contributed by atoms with Gasteiger partial charge in [0.15, 0.2) is 11.5 Å². The van der Waals surface area contributed by atoms with Crippen LogP contribution in [-0.4, -0.2) is 43.5 Å². The molecule has 0 amide bonds. The molecule has 116 valence electrons. The van der Waals surface area contributed by atoms with E-state index in [4.69, 9.17) is 9.47 Å². The molecule has 21 heavy (non-hydrogen) atoms. The van der Waals surface area contributed by atoms with Crippen LogP contribution < -0.4 is 9.47 Å². The van der Waals surface area contributed by atoms with Gasteiger partial charge in [-0.1, -0.05) is 12.1 Å². The highest BCUT2D eigenvalue weighted by molar-refractivity contribution is 5.78. The number of benzene rings is 1. The molecule has 1 fully saturated rings. The number of nitrogens with zero attached hydrogens (tertiary/aromatic N) is 1. The summed E-state index contributed by atoms with van der Waals surface area (Å²) in [6.07, 6.45) is 2.12. The smallest absolute Gasteiger partial charge is 0.161 e. The molecule has 1 aliphatic rings. The first-order chi connectivity index (χ1) is 10.2. The lowest BCUT2D eigenvalue weighted by Gasteiger charge is -2.31. The van der Waals surface area contributed by atoms with Gasteiger partial charge in [0.1, 0.15) is 12.4 Å². The number of carbonyl (C=O) groups is 1. The Labute approximate surface area is 127 Å². The van der Waals surface area contributed by atoms with E-state index in [-0.39, 0.29) is 5.92 Å². The van der Waals surface area contributed by atoms with Crippen LogP contribution in [0.4, 0.5) is 0 Å². The number of para-hydroxylation sites is 2. The first kappa shape index (κ1) is 15.8. The molecule has 1 heterocycles. The zero-order valence-corrected chi connectivity index (χ0v) is 13.0. The fourth-order valence-electron chi connectivity index (χ4n) is 2.72. The molecular formula is C17H25NO3. The van der Waals surface area contributed by atoms with Gasteiger partial charge in [0, 0.05) is 19.0 Å². The lowest BCUT2D eigenvalue weighted by atomic mass is 9.95. The van der Waals surface area contributed by atoms with Crippen LogP contribution in [0.3, 0.4) is 0 Å². The Morgan fingerprint density at radius 2 is 2.00 bits per heavy atom. The number of ether oxygens (including phenoxy) is 2. The van der Waals surface area contributed by atoms with E-state index in [1.807, 2.05) is 31.2 Å². The number of piperidine rings is 1. The standard InChI is InChI=1S/C17H25NO3/c1-3-20-16-8-4-5-9-17(16)21-12-11-18-10-6-7-15(13-18)14(2)19/h4-5,8-9,15H,3,6-7,10-13H2,1-2H3. The zero-order valence-electron chi connectivity index (χ0n) is 13.0. The summed E-state index contributed by atoms with van der Waals surface area (Å²) >= 11 is 0. The summed E-state index contributed by atoms with van der Waals surface area (Å²) in [6, 6.07) is 7.75. The molecule has 1 aromatic carbocycles. The lowest BCUT2D eigenvalue weighted by molar-refractivity contribution is -0.122. The summed E-state index contributed by atoms with van der Waals surface area (Å²) in [5.74, 6) is 2.09. The Bertz CT molecular complexity index is 461. The van der Waals surface area contributed by atoms with Crippen molar-refractivity contribution in [1.29, 1.82) is 0 Å². The third-order valence-corrected chi connectivity index (χ3v) is 3.89. The second kappa shape index (κ2) is 8.03. The van der Waals surface area contributed by atoms with E-state index in [0.29, 0.717) is 19.0 Å². The van der Waals surface area contributed by atoms with Crippen molar-refractivity contribution in [3.63, 3.8) is 0 Å². The second-order valence-corrected chi connectivity index (χ2v) is 5.48. The minimum Gasteiger partial charge on any atom is -0.490 e. The van der Waals surface area contributed by atoms with Crippen LogP contribution in [0.15, 0.2) is 24.3 Å². The molecule has 0 spiro atoms. The third-order valence-electron chi connectivity index (χ3n) is 3.89. The molecule has 1 aromatic rings. The van der Waals surface area contributed by atoms with Gasteiger partial charge >= 0.3 is 0 Å². The number of hydrogen-bond acceptors (Lipinski definition) is 4. The number of likely N-dealkylation sites (tertiary alicyclic amines) is 1. The molecule has 0 aromatic heterocycles. The molecule has 1 unspecified atom stereocenters. The van der Waals surface area contributed by atoms with Crippen LogP contribution in [0.1, 0.15) is 26.7 Å². The van der Waals surface area contributed by atoms with E-state index in [1.165, 1.54) is 0 Å². The van der Waals surface area contributed by atoms with E-state index >= 15 is 0 Å². The maximum Gasteiger partial charge on any atom is 0.161 e. The van der Waals surface area contributed by atoms with E-state index in [9.17, 15) is 4.79 Å². The average molecular weight is 291 g/mol. The highest BCUT2D eigenvalue weighted by atomic mass is 16.5. The van der Waals surface area contributed by atoms with Crippen molar-refractivity contribution in [3.8, 4) is 11.5 Å². The van der Waals surface area contributed by atoms with Crippen LogP contribution in [0.5, 0.6) is 11.5 Å². The van der Waals surface area contributed by atoms with E-state index in [2.05, 4.69) is 4.90 Å². The molecule has 2 rings (SSSR count). The molecule has 0 aliphatic carbocycles. The van der Waals surface area contributed by atoms with Gasteiger partial charge in [-0.3, -0.25) is 9.69 Å². The topological polar surface area (TPSA) is 38.8 Å². The minimum atomic E-state index is 0.203. The third kappa shape index (κ3) is 4.74. The quantitative estimate of drug-likeness (QED) is 0.774. The predicted molar refractivity (Wildman–Crippen MR) is 83.0 cm³/mol. The monoisotopic (exact) mass is 291 g/mol. The Balaban J connectivity index is 1.80. The fraction of sp³-hybridized carbons (Fsp3) is 0.588. The molecule has 0 saturated carbocycles. The zero-order chi connectivity index (χ0) is 15.1. The number of Topliss-reactive ketones (excluding diaryl/α,β-unsaturated/α-hetero) is 1. The van der Waals surface area contributed by atoms with Gasteiger partial charge < -0.3 is 9.47 Å². The van der Waals surface area contributed by atoms with Crippen molar-refractivity contribution >= 4 is 5.78 Å². The largest absolute Gasteiger partial charge is 0.490 e. The van der Waals surface area contributed by atoms with Crippen molar-refractivity contribution in [2.24, 2.45) is 5.92 Å². The van der Waals surface area contributed by atoms with Gasteiger partial charge in [0.2, 0.25) is 0 Å². The molecule has 1 aliphatic heterocycles. The Kier molecular flexibility index (Phi) is 6.05. The van der Waals surface area contributed by atoms with Crippen LogP contribution >= 0.6 is 0 Å². The average Bonchev–Trinajstić information content (AvgIpc) is 2.49. The summed E-state index contributed by atoms with van der Waals surface area (Å²) in [6.45, 7) is 7.69. The number of rotatable bonds is 7. The van der Waals surface area contributed by atoms with E-state index < -0.39 is 0 Å². The summed E-state index contributed by atoms with van der Waals surface area (Å²) in [5.41, 5.74) is 0. The number of ketones is 1. The molecule has 4 nitrogen and oxygen atoms in total. The molecule has 0 bridgehead atoms. The number of carbonyl (C=O) groups excluding carboxylic acids is 1. The molecular weight excluding hydrogens is 266 g/mol. The fourth-order valence-corrected chi connectivity index (χ4v) is 2.72. The van der Waals surface area contributed by atoms with Gasteiger partial charge in [-0.2, -0.15) is 0 Å². The van der Waals surface area contributed by atoms with E-state index in [1.54, 1.807) is 6.92 Å². The summed E-state index contributed by atoms with van der Waals surface area (Å²) in [4.78, 5) is 13.8. The summed E-state index contributed by atoms with van der Waals surface area (Å²) in [7, 11) is 0. The Morgan fingerprint density at radius 3 is 2.67 bits per heavy atom. The molecule has 0 radical (unpaired) electrons. The van der Waals surface area contributed by atoms with Gasteiger partial charge in [-0.25, -0.2) is 0 Å². The van der Waals surface area contributed by atoms with Gasteiger partial charge in [0.05, 0.1) is 6.61 Å².